The van der Waals surface area contributed by atoms with Crippen molar-refractivity contribution in [1.82, 2.24) is 20.6 Å². The van der Waals surface area contributed by atoms with E-state index in [1.54, 1.807) is 24.4 Å². The summed E-state index contributed by atoms with van der Waals surface area (Å²) >= 11 is 1.44. The van der Waals surface area contributed by atoms with E-state index in [9.17, 15) is 4.79 Å². The fourth-order valence-electron chi connectivity index (χ4n) is 2.84. The van der Waals surface area contributed by atoms with Gasteiger partial charge in [-0.2, -0.15) is 5.26 Å². The van der Waals surface area contributed by atoms with Crippen LogP contribution < -0.4 is 16.0 Å². The Labute approximate surface area is 154 Å². The molecule has 1 aliphatic rings. The monoisotopic (exact) mass is 364 g/mol. The topological polar surface area (TPSA) is 103 Å². The average molecular weight is 364 g/mol. The van der Waals surface area contributed by atoms with E-state index >= 15 is 0 Å². The second-order valence-corrected chi connectivity index (χ2v) is 7.06. The summed E-state index contributed by atoms with van der Waals surface area (Å²) in [6, 6.07) is 11.1. The van der Waals surface area contributed by atoms with E-state index in [4.69, 9.17) is 5.26 Å². The van der Waals surface area contributed by atoms with E-state index in [1.165, 1.54) is 11.3 Å². The van der Waals surface area contributed by atoms with Crippen LogP contribution in [0.3, 0.4) is 0 Å². The second kappa shape index (κ2) is 7.07. The number of aromatic nitrogens is 2. The number of rotatable bonds is 4. The van der Waals surface area contributed by atoms with Crippen molar-refractivity contribution in [3.8, 4) is 6.07 Å². The van der Waals surface area contributed by atoms with E-state index < -0.39 is 0 Å². The third-order valence-corrected chi connectivity index (χ3v) is 5.10. The summed E-state index contributed by atoms with van der Waals surface area (Å²) in [5.74, 6) is 0.453. The number of carbonyl (C=O) groups is 1. The molecule has 7 nitrogen and oxygen atoms in total. The Morgan fingerprint density at radius 1 is 1.35 bits per heavy atom. The molecule has 0 radical (unpaired) electrons. The highest BCUT2D eigenvalue weighted by atomic mass is 32.1. The number of hydrogen-bond acceptors (Lipinski definition) is 7. The van der Waals surface area contributed by atoms with Crippen molar-refractivity contribution in [1.29, 1.82) is 5.26 Å². The third kappa shape index (κ3) is 3.49. The Bertz CT molecular complexity index is 1000. The largest absolute Gasteiger partial charge is 0.348 e. The molecule has 0 unspecified atom stereocenters. The first-order valence-corrected chi connectivity index (χ1v) is 9.08. The predicted octanol–water partition coefficient (Wildman–Crippen LogP) is 2.40. The number of fused-ring (bicyclic) bond motifs is 1. The second-order valence-electron chi connectivity index (χ2n) is 6.03. The minimum atomic E-state index is -0.105. The molecule has 3 heterocycles. The Balaban J connectivity index is 1.51. The maximum atomic E-state index is 12.4. The fourth-order valence-corrected chi connectivity index (χ4v) is 3.76. The van der Waals surface area contributed by atoms with Gasteiger partial charge in [-0.05, 0) is 43.3 Å². The van der Waals surface area contributed by atoms with Crippen molar-refractivity contribution in [3.05, 3.63) is 47.7 Å². The zero-order chi connectivity index (χ0) is 17.9. The van der Waals surface area contributed by atoms with E-state index in [1.807, 2.05) is 12.1 Å². The van der Waals surface area contributed by atoms with Crippen LogP contribution in [0.2, 0.25) is 0 Å². The van der Waals surface area contributed by atoms with E-state index in [0.29, 0.717) is 22.1 Å². The fraction of sp³-hybridized carbons (Fsp3) is 0.222. The van der Waals surface area contributed by atoms with E-state index in [0.717, 1.165) is 29.7 Å². The lowest BCUT2D eigenvalue weighted by molar-refractivity contribution is 0.0940. The molecule has 3 aromatic rings. The van der Waals surface area contributed by atoms with Gasteiger partial charge in [0.15, 0.2) is 5.13 Å². The number of pyridine rings is 1. The SMILES string of the molecule is N#Cc1ccc2nc(Nc3cc(C(=O)N[C@@H]4CCNC4)ccn3)sc2c1. The number of nitriles is 1. The molecular weight excluding hydrogens is 348 g/mol. The van der Waals surface area contributed by atoms with Gasteiger partial charge in [0.25, 0.3) is 5.91 Å². The van der Waals surface area contributed by atoms with Crippen LogP contribution in [-0.4, -0.2) is 35.0 Å². The number of nitrogens with one attached hydrogen (secondary N) is 3. The Morgan fingerprint density at radius 3 is 3.08 bits per heavy atom. The quantitative estimate of drug-likeness (QED) is 0.657. The Kier molecular flexibility index (Phi) is 4.48. The van der Waals surface area contributed by atoms with Crippen LogP contribution in [0.4, 0.5) is 10.9 Å². The molecule has 2 aromatic heterocycles. The average Bonchev–Trinajstić information content (AvgIpc) is 3.30. The predicted molar refractivity (Wildman–Crippen MR) is 101 cm³/mol. The van der Waals surface area contributed by atoms with Gasteiger partial charge in [0.1, 0.15) is 5.82 Å². The van der Waals surface area contributed by atoms with Crippen molar-refractivity contribution < 1.29 is 4.79 Å². The molecule has 0 bridgehead atoms. The summed E-state index contributed by atoms with van der Waals surface area (Å²) in [7, 11) is 0. The zero-order valence-electron chi connectivity index (χ0n) is 13.8. The summed E-state index contributed by atoms with van der Waals surface area (Å²) in [5.41, 5.74) is 1.98. The molecular formula is C18H16N6OS. The highest BCUT2D eigenvalue weighted by molar-refractivity contribution is 7.22. The molecule has 8 heteroatoms. The Morgan fingerprint density at radius 2 is 2.27 bits per heavy atom. The molecule has 26 heavy (non-hydrogen) atoms. The minimum absolute atomic E-state index is 0.105. The van der Waals surface area contributed by atoms with Crippen LogP contribution in [0.5, 0.6) is 0 Å². The van der Waals surface area contributed by atoms with Crippen LogP contribution in [0.15, 0.2) is 36.5 Å². The van der Waals surface area contributed by atoms with Gasteiger partial charge in [-0.1, -0.05) is 11.3 Å². The van der Waals surface area contributed by atoms with Gasteiger partial charge < -0.3 is 16.0 Å². The molecule has 0 saturated carbocycles. The summed E-state index contributed by atoms with van der Waals surface area (Å²) in [6.45, 7) is 1.73. The first-order valence-electron chi connectivity index (χ1n) is 8.26. The number of hydrogen-bond donors (Lipinski definition) is 3. The van der Waals surface area contributed by atoms with E-state index in [-0.39, 0.29) is 11.9 Å². The van der Waals surface area contributed by atoms with Crippen molar-refractivity contribution in [2.24, 2.45) is 0 Å². The van der Waals surface area contributed by atoms with Crippen molar-refractivity contribution in [2.75, 3.05) is 18.4 Å². The Hall–Kier alpha value is -3.02. The molecule has 4 rings (SSSR count). The highest BCUT2D eigenvalue weighted by Crippen LogP contribution is 2.28. The van der Waals surface area contributed by atoms with Gasteiger partial charge in [-0.3, -0.25) is 4.79 Å². The number of anilines is 2. The molecule has 1 atom stereocenters. The maximum Gasteiger partial charge on any atom is 0.251 e. The van der Waals surface area contributed by atoms with Crippen molar-refractivity contribution in [3.63, 3.8) is 0 Å². The van der Waals surface area contributed by atoms with Gasteiger partial charge in [0, 0.05) is 24.3 Å². The number of thiazole rings is 1. The molecule has 130 valence electrons. The van der Waals surface area contributed by atoms with Gasteiger partial charge in [0.2, 0.25) is 0 Å². The normalized spacial score (nSPS) is 16.3. The lowest BCUT2D eigenvalue weighted by Crippen LogP contribution is -2.36. The number of amides is 1. The van der Waals surface area contributed by atoms with Gasteiger partial charge in [-0.25, -0.2) is 9.97 Å². The van der Waals surface area contributed by atoms with Crippen molar-refractivity contribution in [2.45, 2.75) is 12.5 Å². The first-order chi connectivity index (χ1) is 12.7. The molecule has 1 aliphatic heterocycles. The summed E-state index contributed by atoms with van der Waals surface area (Å²) < 4.78 is 0.925. The highest BCUT2D eigenvalue weighted by Gasteiger charge is 2.18. The standard InChI is InChI=1S/C18H16N6OS/c19-9-11-1-2-14-15(7-11)26-18(23-14)24-16-8-12(3-6-21-16)17(25)22-13-4-5-20-10-13/h1-3,6-8,13,20H,4-5,10H2,(H,22,25)(H,21,23,24)/t13-/m1/s1. The summed E-state index contributed by atoms with van der Waals surface area (Å²) in [6.07, 6.45) is 2.55. The lowest BCUT2D eigenvalue weighted by Gasteiger charge is -2.11. The third-order valence-electron chi connectivity index (χ3n) is 4.17. The molecule has 1 aromatic carbocycles. The van der Waals surface area contributed by atoms with Crippen LogP contribution in [0, 0.1) is 11.3 Å². The molecule has 0 spiro atoms. The summed E-state index contributed by atoms with van der Waals surface area (Å²) in [5, 5.41) is 19.0. The van der Waals surface area contributed by atoms with Crippen LogP contribution in [0.25, 0.3) is 10.2 Å². The molecule has 1 fully saturated rings. The number of carbonyl (C=O) groups excluding carboxylic acids is 1. The van der Waals surface area contributed by atoms with Crippen LogP contribution in [0.1, 0.15) is 22.3 Å². The van der Waals surface area contributed by atoms with Crippen LogP contribution >= 0.6 is 11.3 Å². The minimum Gasteiger partial charge on any atom is -0.348 e. The summed E-state index contributed by atoms with van der Waals surface area (Å²) in [4.78, 5) is 21.1. The number of benzene rings is 1. The molecule has 1 saturated heterocycles. The van der Waals surface area contributed by atoms with Crippen molar-refractivity contribution >= 4 is 38.4 Å². The van der Waals surface area contributed by atoms with Gasteiger partial charge in [0.05, 0.1) is 21.8 Å². The van der Waals surface area contributed by atoms with Gasteiger partial charge in [-0.15, -0.1) is 0 Å². The zero-order valence-corrected chi connectivity index (χ0v) is 14.6. The maximum absolute atomic E-state index is 12.4. The smallest absolute Gasteiger partial charge is 0.251 e. The van der Waals surface area contributed by atoms with E-state index in [2.05, 4.69) is 32.0 Å². The van der Waals surface area contributed by atoms with Gasteiger partial charge >= 0.3 is 0 Å². The molecule has 1 amide bonds. The molecule has 0 aliphatic carbocycles. The first kappa shape index (κ1) is 16.4. The number of nitrogens with zero attached hydrogens (tertiary/aromatic N) is 3. The van der Waals surface area contributed by atoms with Crippen LogP contribution in [-0.2, 0) is 0 Å². The lowest BCUT2D eigenvalue weighted by atomic mass is 10.2. The molecule has 3 N–H and O–H groups in total.